The Morgan fingerprint density at radius 3 is 2.20 bits per heavy atom. The van der Waals surface area contributed by atoms with Gasteiger partial charge in [0.05, 0.1) is 22.5 Å². The second kappa shape index (κ2) is 6.91. The van der Waals surface area contributed by atoms with Gasteiger partial charge < -0.3 is 0 Å². The van der Waals surface area contributed by atoms with Gasteiger partial charge in [-0.3, -0.25) is 5.01 Å². The van der Waals surface area contributed by atoms with E-state index in [-0.39, 0.29) is 6.04 Å². The summed E-state index contributed by atoms with van der Waals surface area (Å²) in [5.41, 5.74) is 4.21. The monoisotopic (exact) mass is 366 g/mol. The number of hydrogen-bond donors (Lipinski definition) is 0. The van der Waals surface area contributed by atoms with E-state index in [1.165, 1.54) is 5.56 Å². The lowest BCUT2D eigenvalue weighted by Gasteiger charge is -2.23. The fraction of sp³-hybridized carbons (Fsp3) is 0.0952. The number of benzene rings is 3. The molecule has 1 unspecified atom stereocenters. The number of nitrogens with zero attached hydrogens (tertiary/aromatic N) is 2. The predicted molar refractivity (Wildman–Crippen MR) is 106 cm³/mol. The van der Waals surface area contributed by atoms with E-state index >= 15 is 0 Å². The SMILES string of the molecule is Clc1ccc(C2=NN(c3ccccc3)C(c3ccccc3)C2)c(Cl)c1. The summed E-state index contributed by atoms with van der Waals surface area (Å²) in [5.74, 6) is 0. The van der Waals surface area contributed by atoms with Crippen molar-refractivity contribution >= 4 is 34.6 Å². The Balaban J connectivity index is 1.77. The van der Waals surface area contributed by atoms with Gasteiger partial charge in [0.2, 0.25) is 0 Å². The molecule has 0 bridgehead atoms. The van der Waals surface area contributed by atoms with Crippen molar-refractivity contribution < 1.29 is 0 Å². The van der Waals surface area contributed by atoms with Crippen LogP contribution in [0.4, 0.5) is 5.69 Å². The van der Waals surface area contributed by atoms with Crippen molar-refractivity contribution in [2.24, 2.45) is 5.10 Å². The van der Waals surface area contributed by atoms with Gasteiger partial charge >= 0.3 is 0 Å². The van der Waals surface area contributed by atoms with Crippen LogP contribution in [0.15, 0.2) is 84.0 Å². The molecule has 0 aliphatic carbocycles. The zero-order chi connectivity index (χ0) is 17.2. The van der Waals surface area contributed by atoms with Crippen LogP contribution in [0, 0.1) is 0 Å². The normalized spacial score (nSPS) is 16.8. The Morgan fingerprint density at radius 1 is 0.840 bits per heavy atom. The molecule has 124 valence electrons. The van der Waals surface area contributed by atoms with E-state index in [1.54, 1.807) is 6.07 Å². The smallest absolute Gasteiger partial charge is 0.0831 e. The number of rotatable bonds is 3. The maximum Gasteiger partial charge on any atom is 0.0831 e. The second-order valence-corrected chi connectivity index (χ2v) is 6.83. The Kier molecular flexibility index (Phi) is 4.48. The molecule has 4 rings (SSSR count). The minimum Gasteiger partial charge on any atom is -0.257 e. The molecular weight excluding hydrogens is 351 g/mol. The Bertz CT molecular complexity index is 908. The molecule has 0 spiro atoms. The maximum atomic E-state index is 6.41. The highest BCUT2D eigenvalue weighted by molar-refractivity contribution is 6.37. The number of hydrogen-bond acceptors (Lipinski definition) is 2. The molecule has 3 aromatic rings. The van der Waals surface area contributed by atoms with Crippen LogP contribution >= 0.6 is 23.2 Å². The highest BCUT2D eigenvalue weighted by Crippen LogP contribution is 2.37. The van der Waals surface area contributed by atoms with Crippen molar-refractivity contribution in [2.45, 2.75) is 12.5 Å². The molecule has 0 N–H and O–H groups in total. The van der Waals surface area contributed by atoms with Crippen LogP contribution in [0.2, 0.25) is 10.0 Å². The van der Waals surface area contributed by atoms with Crippen molar-refractivity contribution in [3.63, 3.8) is 0 Å². The van der Waals surface area contributed by atoms with Gasteiger partial charge in [0, 0.05) is 17.0 Å². The molecule has 3 aromatic carbocycles. The summed E-state index contributed by atoms with van der Waals surface area (Å²) in [4.78, 5) is 0. The minimum absolute atomic E-state index is 0.144. The Morgan fingerprint density at radius 2 is 1.52 bits per heavy atom. The number of halogens is 2. The van der Waals surface area contributed by atoms with E-state index in [4.69, 9.17) is 28.3 Å². The highest BCUT2D eigenvalue weighted by Gasteiger charge is 2.30. The summed E-state index contributed by atoms with van der Waals surface area (Å²) in [6.45, 7) is 0. The molecular formula is C21H16Cl2N2. The van der Waals surface area contributed by atoms with E-state index in [2.05, 4.69) is 41.4 Å². The molecule has 0 saturated heterocycles. The number of anilines is 1. The summed E-state index contributed by atoms with van der Waals surface area (Å²) in [7, 11) is 0. The summed E-state index contributed by atoms with van der Waals surface area (Å²) in [6, 6.07) is 26.4. The molecule has 0 radical (unpaired) electrons. The summed E-state index contributed by atoms with van der Waals surface area (Å²) in [6.07, 6.45) is 0.792. The summed E-state index contributed by atoms with van der Waals surface area (Å²) >= 11 is 12.5. The van der Waals surface area contributed by atoms with Gasteiger partial charge in [-0.25, -0.2) is 0 Å². The highest BCUT2D eigenvalue weighted by atomic mass is 35.5. The third-order valence-corrected chi connectivity index (χ3v) is 4.91. The van der Waals surface area contributed by atoms with Gasteiger partial charge in [0.1, 0.15) is 0 Å². The Hall–Kier alpha value is -2.29. The lowest BCUT2D eigenvalue weighted by Crippen LogP contribution is -2.18. The van der Waals surface area contributed by atoms with Crippen LogP contribution in [-0.2, 0) is 0 Å². The van der Waals surface area contributed by atoms with Crippen LogP contribution in [-0.4, -0.2) is 5.71 Å². The van der Waals surface area contributed by atoms with Crippen LogP contribution < -0.4 is 5.01 Å². The zero-order valence-corrected chi connectivity index (χ0v) is 15.0. The first-order valence-corrected chi connectivity index (χ1v) is 8.90. The van der Waals surface area contributed by atoms with Gasteiger partial charge in [-0.2, -0.15) is 5.10 Å². The van der Waals surface area contributed by atoms with Crippen LogP contribution in [0.1, 0.15) is 23.6 Å². The topological polar surface area (TPSA) is 15.6 Å². The van der Waals surface area contributed by atoms with Crippen molar-refractivity contribution in [1.29, 1.82) is 0 Å². The first kappa shape index (κ1) is 16.2. The van der Waals surface area contributed by atoms with Crippen molar-refractivity contribution in [2.75, 3.05) is 5.01 Å². The van der Waals surface area contributed by atoms with Crippen LogP contribution in [0.3, 0.4) is 0 Å². The molecule has 25 heavy (non-hydrogen) atoms. The van der Waals surface area contributed by atoms with Gasteiger partial charge in [-0.1, -0.05) is 77.8 Å². The van der Waals surface area contributed by atoms with Crippen molar-refractivity contribution in [3.05, 3.63) is 100 Å². The molecule has 1 atom stereocenters. The minimum atomic E-state index is 0.144. The first-order valence-electron chi connectivity index (χ1n) is 8.14. The summed E-state index contributed by atoms with van der Waals surface area (Å²) in [5, 5.41) is 8.24. The molecule has 0 amide bonds. The standard InChI is InChI=1S/C21H16Cl2N2/c22-16-11-12-18(19(23)13-16)20-14-21(15-7-3-1-4-8-15)25(24-20)17-9-5-2-6-10-17/h1-13,21H,14H2. The lowest BCUT2D eigenvalue weighted by atomic mass is 9.98. The van der Waals surface area contributed by atoms with E-state index in [0.29, 0.717) is 10.0 Å². The lowest BCUT2D eigenvalue weighted by molar-refractivity contribution is 0.709. The van der Waals surface area contributed by atoms with E-state index < -0.39 is 0 Å². The summed E-state index contributed by atoms with van der Waals surface area (Å²) < 4.78 is 0. The Labute approximate surface area is 157 Å². The van der Waals surface area contributed by atoms with Crippen molar-refractivity contribution in [1.82, 2.24) is 0 Å². The fourth-order valence-corrected chi connectivity index (χ4v) is 3.67. The molecule has 1 aliphatic heterocycles. The van der Waals surface area contributed by atoms with Crippen LogP contribution in [0.5, 0.6) is 0 Å². The van der Waals surface area contributed by atoms with Gasteiger partial charge in [0.25, 0.3) is 0 Å². The second-order valence-electron chi connectivity index (χ2n) is 5.98. The maximum absolute atomic E-state index is 6.41. The van der Waals surface area contributed by atoms with Crippen LogP contribution in [0.25, 0.3) is 0 Å². The van der Waals surface area contributed by atoms with Gasteiger partial charge in [-0.05, 0) is 29.8 Å². The third kappa shape index (κ3) is 3.28. The molecule has 1 heterocycles. The number of hydrazone groups is 1. The van der Waals surface area contributed by atoms with Crippen molar-refractivity contribution in [3.8, 4) is 0 Å². The molecule has 2 nitrogen and oxygen atoms in total. The first-order chi connectivity index (χ1) is 12.2. The van der Waals surface area contributed by atoms with E-state index in [1.807, 2.05) is 36.4 Å². The average Bonchev–Trinajstić information content (AvgIpc) is 3.08. The largest absolute Gasteiger partial charge is 0.257 e. The predicted octanol–water partition coefficient (Wildman–Crippen LogP) is 6.35. The van der Waals surface area contributed by atoms with E-state index in [0.717, 1.165) is 23.4 Å². The average molecular weight is 367 g/mol. The molecule has 4 heteroatoms. The number of para-hydroxylation sites is 1. The van der Waals surface area contributed by atoms with Gasteiger partial charge in [-0.15, -0.1) is 0 Å². The fourth-order valence-electron chi connectivity index (χ4n) is 3.15. The molecule has 0 saturated carbocycles. The molecule has 0 aromatic heterocycles. The van der Waals surface area contributed by atoms with Gasteiger partial charge in [0.15, 0.2) is 0 Å². The molecule has 1 aliphatic rings. The zero-order valence-electron chi connectivity index (χ0n) is 13.4. The quantitative estimate of drug-likeness (QED) is 0.527. The third-order valence-electron chi connectivity index (χ3n) is 4.36. The molecule has 0 fully saturated rings. The van der Waals surface area contributed by atoms with E-state index in [9.17, 15) is 0 Å².